The van der Waals surface area contributed by atoms with Crippen LogP contribution >= 0.6 is 0 Å². The van der Waals surface area contributed by atoms with Crippen molar-refractivity contribution in [3.63, 3.8) is 0 Å². The van der Waals surface area contributed by atoms with Crippen molar-refractivity contribution in [1.82, 2.24) is 0 Å². The monoisotopic (exact) mass is 359 g/mol. The van der Waals surface area contributed by atoms with E-state index in [0.29, 0.717) is 22.9 Å². The summed E-state index contributed by atoms with van der Waals surface area (Å²) in [5, 5.41) is 5.97. The molecule has 0 fully saturated rings. The SMILES string of the molecule is CC(C)CNc1ccc(NS(=O)(=O)c2ccc3c(c2)CC(=O)N3)cc1. The summed E-state index contributed by atoms with van der Waals surface area (Å²) in [4.78, 5) is 11.5. The van der Waals surface area contributed by atoms with Crippen LogP contribution in [0, 0.1) is 5.92 Å². The lowest BCUT2D eigenvalue weighted by Gasteiger charge is -2.11. The number of benzene rings is 2. The highest BCUT2D eigenvalue weighted by Gasteiger charge is 2.21. The molecule has 0 atom stereocenters. The zero-order valence-corrected chi connectivity index (χ0v) is 15.0. The molecule has 0 aliphatic carbocycles. The van der Waals surface area contributed by atoms with Gasteiger partial charge in [0, 0.05) is 23.6 Å². The van der Waals surface area contributed by atoms with Gasteiger partial charge in [0.05, 0.1) is 11.3 Å². The number of carbonyl (C=O) groups is 1. The molecular weight excluding hydrogens is 338 g/mol. The number of anilines is 3. The van der Waals surface area contributed by atoms with Crippen LogP contribution in [0.5, 0.6) is 0 Å². The fourth-order valence-corrected chi connectivity index (χ4v) is 3.67. The highest BCUT2D eigenvalue weighted by molar-refractivity contribution is 7.92. The fraction of sp³-hybridized carbons (Fsp3) is 0.278. The summed E-state index contributed by atoms with van der Waals surface area (Å²) in [6.45, 7) is 5.09. The number of carbonyl (C=O) groups excluding carboxylic acids is 1. The standard InChI is InChI=1S/C18H21N3O3S/c1-12(2)11-19-14-3-5-15(6-4-14)21-25(23,24)16-7-8-17-13(9-16)10-18(22)20-17/h3-9,12,19,21H,10-11H2,1-2H3,(H,20,22). The van der Waals surface area contributed by atoms with Crippen LogP contribution < -0.4 is 15.4 Å². The van der Waals surface area contributed by atoms with E-state index in [9.17, 15) is 13.2 Å². The Morgan fingerprint density at radius 3 is 2.44 bits per heavy atom. The minimum absolute atomic E-state index is 0.123. The number of hydrogen-bond acceptors (Lipinski definition) is 4. The molecule has 25 heavy (non-hydrogen) atoms. The molecule has 0 saturated heterocycles. The van der Waals surface area contributed by atoms with Crippen molar-refractivity contribution in [1.29, 1.82) is 0 Å². The lowest BCUT2D eigenvalue weighted by atomic mass is 10.2. The molecule has 1 aliphatic rings. The van der Waals surface area contributed by atoms with Crippen LogP contribution in [-0.4, -0.2) is 20.9 Å². The first kappa shape index (κ1) is 17.3. The number of nitrogens with one attached hydrogen (secondary N) is 3. The summed E-state index contributed by atoms with van der Waals surface area (Å²) in [6.07, 6.45) is 0.203. The largest absolute Gasteiger partial charge is 0.385 e. The van der Waals surface area contributed by atoms with E-state index in [2.05, 4.69) is 29.2 Å². The fourth-order valence-electron chi connectivity index (χ4n) is 2.56. The van der Waals surface area contributed by atoms with Gasteiger partial charge < -0.3 is 10.6 Å². The first-order valence-corrected chi connectivity index (χ1v) is 9.61. The molecule has 1 amide bonds. The first-order chi connectivity index (χ1) is 11.8. The third kappa shape index (κ3) is 4.11. The van der Waals surface area contributed by atoms with E-state index in [1.807, 2.05) is 12.1 Å². The van der Waals surface area contributed by atoms with E-state index in [4.69, 9.17) is 0 Å². The molecule has 3 N–H and O–H groups in total. The van der Waals surface area contributed by atoms with E-state index >= 15 is 0 Å². The molecule has 0 spiro atoms. The summed E-state index contributed by atoms with van der Waals surface area (Å²) in [6, 6.07) is 11.8. The molecule has 0 saturated carbocycles. The van der Waals surface area contributed by atoms with Crippen LogP contribution in [0.4, 0.5) is 17.1 Å². The summed E-state index contributed by atoms with van der Waals surface area (Å²) in [7, 11) is -3.70. The Bertz CT molecular complexity index is 890. The van der Waals surface area contributed by atoms with Crippen molar-refractivity contribution < 1.29 is 13.2 Å². The van der Waals surface area contributed by atoms with Gasteiger partial charge in [-0.3, -0.25) is 9.52 Å². The van der Waals surface area contributed by atoms with Gasteiger partial charge in [0.2, 0.25) is 5.91 Å². The van der Waals surface area contributed by atoms with E-state index < -0.39 is 10.0 Å². The van der Waals surface area contributed by atoms with E-state index in [0.717, 1.165) is 12.2 Å². The molecule has 1 heterocycles. The second kappa shape index (κ2) is 6.76. The van der Waals surface area contributed by atoms with Crippen LogP contribution in [0.25, 0.3) is 0 Å². The van der Waals surface area contributed by atoms with Gasteiger partial charge in [0.15, 0.2) is 0 Å². The highest BCUT2D eigenvalue weighted by atomic mass is 32.2. The lowest BCUT2D eigenvalue weighted by Crippen LogP contribution is -2.13. The third-order valence-corrected chi connectivity index (χ3v) is 5.24. The molecule has 0 radical (unpaired) electrons. The zero-order valence-electron chi connectivity index (χ0n) is 14.2. The predicted molar refractivity (Wildman–Crippen MR) is 99.4 cm³/mol. The topological polar surface area (TPSA) is 87.3 Å². The highest BCUT2D eigenvalue weighted by Crippen LogP contribution is 2.27. The molecule has 1 aliphatic heterocycles. The van der Waals surface area contributed by atoms with Gasteiger partial charge in [-0.2, -0.15) is 0 Å². The predicted octanol–water partition coefficient (Wildman–Crippen LogP) is 3.05. The Kier molecular flexibility index (Phi) is 4.67. The third-order valence-electron chi connectivity index (χ3n) is 3.86. The quantitative estimate of drug-likeness (QED) is 0.740. The van der Waals surface area contributed by atoms with Gasteiger partial charge in [-0.1, -0.05) is 13.8 Å². The van der Waals surface area contributed by atoms with E-state index in [-0.39, 0.29) is 17.2 Å². The number of rotatable bonds is 6. The summed E-state index contributed by atoms with van der Waals surface area (Å²) < 4.78 is 27.7. The molecular formula is C18H21N3O3S. The second-order valence-electron chi connectivity index (χ2n) is 6.50. The van der Waals surface area contributed by atoms with Crippen molar-refractivity contribution in [3.05, 3.63) is 48.0 Å². The zero-order chi connectivity index (χ0) is 18.0. The molecule has 0 aromatic heterocycles. The molecule has 6 nitrogen and oxygen atoms in total. The Labute approximate surface area is 147 Å². The smallest absolute Gasteiger partial charge is 0.261 e. The molecule has 132 valence electrons. The Hall–Kier alpha value is -2.54. The van der Waals surface area contributed by atoms with Crippen molar-refractivity contribution >= 4 is 33.0 Å². The molecule has 2 aromatic carbocycles. The molecule has 2 aromatic rings. The average Bonchev–Trinajstić information content (AvgIpc) is 2.93. The number of amides is 1. The van der Waals surface area contributed by atoms with Crippen molar-refractivity contribution in [2.45, 2.75) is 25.2 Å². The number of fused-ring (bicyclic) bond motifs is 1. The normalized spacial score (nSPS) is 13.5. The van der Waals surface area contributed by atoms with E-state index in [1.54, 1.807) is 18.2 Å². The maximum absolute atomic E-state index is 12.6. The first-order valence-electron chi connectivity index (χ1n) is 8.13. The lowest BCUT2D eigenvalue weighted by molar-refractivity contribution is -0.115. The molecule has 3 rings (SSSR count). The summed E-state index contributed by atoms with van der Waals surface area (Å²) in [5.41, 5.74) is 2.80. The van der Waals surface area contributed by atoms with Crippen LogP contribution in [0.2, 0.25) is 0 Å². The van der Waals surface area contributed by atoms with Crippen molar-refractivity contribution in [2.24, 2.45) is 5.92 Å². The summed E-state index contributed by atoms with van der Waals surface area (Å²) in [5.74, 6) is 0.404. The maximum atomic E-state index is 12.6. The van der Waals surface area contributed by atoms with Crippen molar-refractivity contribution in [3.8, 4) is 0 Å². The van der Waals surface area contributed by atoms with Crippen LogP contribution in [0.1, 0.15) is 19.4 Å². The van der Waals surface area contributed by atoms with E-state index in [1.165, 1.54) is 12.1 Å². The van der Waals surface area contributed by atoms with Gasteiger partial charge in [-0.25, -0.2) is 8.42 Å². The van der Waals surface area contributed by atoms with Gasteiger partial charge >= 0.3 is 0 Å². The minimum atomic E-state index is -3.70. The summed E-state index contributed by atoms with van der Waals surface area (Å²) >= 11 is 0. The molecule has 7 heteroatoms. The number of sulfonamides is 1. The second-order valence-corrected chi connectivity index (χ2v) is 8.18. The Morgan fingerprint density at radius 1 is 1.08 bits per heavy atom. The van der Waals surface area contributed by atoms with Crippen LogP contribution in [0.3, 0.4) is 0 Å². The Balaban J connectivity index is 1.73. The van der Waals surface area contributed by atoms with Crippen LogP contribution in [-0.2, 0) is 21.2 Å². The minimum Gasteiger partial charge on any atom is -0.385 e. The van der Waals surface area contributed by atoms with Gasteiger partial charge in [-0.15, -0.1) is 0 Å². The molecule has 0 bridgehead atoms. The van der Waals surface area contributed by atoms with Crippen molar-refractivity contribution in [2.75, 3.05) is 21.9 Å². The van der Waals surface area contributed by atoms with Gasteiger partial charge in [0.1, 0.15) is 0 Å². The number of hydrogen-bond donors (Lipinski definition) is 3. The average molecular weight is 359 g/mol. The van der Waals surface area contributed by atoms with Gasteiger partial charge in [-0.05, 0) is 53.9 Å². The Morgan fingerprint density at radius 2 is 1.76 bits per heavy atom. The maximum Gasteiger partial charge on any atom is 0.261 e. The van der Waals surface area contributed by atoms with Gasteiger partial charge in [0.25, 0.3) is 10.0 Å². The molecule has 0 unspecified atom stereocenters. The van der Waals surface area contributed by atoms with Crippen LogP contribution in [0.15, 0.2) is 47.4 Å².